The monoisotopic (exact) mass is 267 g/mol. The van der Waals surface area contributed by atoms with Crippen LogP contribution >= 0.6 is 0 Å². The first-order valence-electron chi connectivity index (χ1n) is 6.22. The van der Waals surface area contributed by atoms with Crippen molar-refractivity contribution >= 4 is 5.97 Å². The molecular weight excluding hydrogens is 247 g/mol. The Morgan fingerprint density at radius 2 is 1.89 bits per heavy atom. The van der Waals surface area contributed by atoms with Gasteiger partial charge in [-0.25, -0.2) is 0 Å². The summed E-state index contributed by atoms with van der Waals surface area (Å²) in [5.74, 6) is -2.13. The minimum atomic E-state index is -4.21. The minimum Gasteiger partial charge on any atom is -0.480 e. The Morgan fingerprint density at radius 3 is 2.22 bits per heavy atom. The molecule has 0 aromatic carbocycles. The largest absolute Gasteiger partial charge is 0.480 e. The zero-order chi connectivity index (χ0) is 14.0. The number of carboxylic acids is 1. The zero-order valence-electron chi connectivity index (χ0n) is 10.7. The average molecular weight is 267 g/mol. The van der Waals surface area contributed by atoms with Crippen LogP contribution in [0.15, 0.2) is 0 Å². The smallest absolute Gasteiger partial charge is 0.391 e. The fourth-order valence-corrected chi connectivity index (χ4v) is 2.30. The third-order valence-electron chi connectivity index (χ3n) is 3.56. The fraction of sp³-hybridized carbons (Fsp3) is 0.917. The summed E-state index contributed by atoms with van der Waals surface area (Å²) in [5, 5.41) is 12.2. The molecule has 0 unspecified atom stereocenters. The molecule has 0 atom stereocenters. The number of carbonyl (C=O) groups is 1. The van der Waals surface area contributed by atoms with Gasteiger partial charge in [0.15, 0.2) is 0 Å². The number of aliphatic carboxylic acids is 1. The number of hydrogen-bond donors (Lipinski definition) is 2. The molecule has 1 saturated carbocycles. The van der Waals surface area contributed by atoms with Gasteiger partial charge in [0.1, 0.15) is 5.54 Å². The average Bonchev–Trinajstić information content (AvgIpc) is 2.25. The molecule has 6 heteroatoms. The highest BCUT2D eigenvalue weighted by Gasteiger charge is 2.48. The summed E-state index contributed by atoms with van der Waals surface area (Å²) in [6.45, 7) is 4.37. The Bertz CT molecular complexity index is 294. The molecule has 1 aliphatic rings. The molecule has 0 aromatic rings. The lowest BCUT2D eigenvalue weighted by Crippen LogP contribution is -2.56. The third kappa shape index (κ3) is 3.60. The second-order valence-corrected chi connectivity index (χ2v) is 5.48. The van der Waals surface area contributed by atoms with E-state index in [0.29, 0.717) is 6.54 Å². The van der Waals surface area contributed by atoms with Crippen LogP contribution in [0.4, 0.5) is 13.2 Å². The SMILES string of the molecule is CC(C)CNC1(C(=O)O)CCC(C(F)(F)F)CC1. The topological polar surface area (TPSA) is 49.3 Å². The van der Waals surface area contributed by atoms with E-state index in [2.05, 4.69) is 5.32 Å². The van der Waals surface area contributed by atoms with Crippen LogP contribution in [0.5, 0.6) is 0 Å². The Balaban J connectivity index is 2.66. The van der Waals surface area contributed by atoms with Gasteiger partial charge in [0.25, 0.3) is 0 Å². The van der Waals surface area contributed by atoms with Crippen molar-refractivity contribution in [3.63, 3.8) is 0 Å². The first-order chi connectivity index (χ1) is 8.17. The summed E-state index contributed by atoms with van der Waals surface area (Å²) in [6, 6.07) is 0. The van der Waals surface area contributed by atoms with E-state index in [4.69, 9.17) is 0 Å². The van der Waals surface area contributed by atoms with Crippen molar-refractivity contribution < 1.29 is 23.1 Å². The summed E-state index contributed by atoms with van der Waals surface area (Å²) in [6.07, 6.45) is -4.34. The van der Waals surface area contributed by atoms with E-state index < -0.39 is 23.6 Å². The first kappa shape index (κ1) is 15.3. The molecule has 1 rings (SSSR count). The van der Waals surface area contributed by atoms with Crippen molar-refractivity contribution in [3.05, 3.63) is 0 Å². The van der Waals surface area contributed by atoms with Crippen LogP contribution in [0.1, 0.15) is 39.5 Å². The van der Waals surface area contributed by atoms with Crippen molar-refractivity contribution in [2.45, 2.75) is 51.2 Å². The van der Waals surface area contributed by atoms with E-state index in [1.807, 2.05) is 13.8 Å². The maximum atomic E-state index is 12.5. The zero-order valence-corrected chi connectivity index (χ0v) is 10.7. The molecule has 0 spiro atoms. The van der Waals surface area contributed by atoms with E-state index in [1.54, 1.807) is 0 Å². The van der Waals surface area contributed by atoms with Gasteiger partial charge >= 0.3 is 12.1 Å². The number of alkyl halides is 3. The molecule has 1 fully saturated rings. The Morgan fingerprint density at radius 1 is 1.39 bits per heavy atom. The number of halogens is 3. The molecule has 3 nitrogen and oxygen atoms in total. The normalized spacial score (nSPS) is 29.6. The van der Waals surface area contributed by atoms with Gasteiger partial charge in [-0.2, -0.15) is 13.2 Å². The van der Waals surface area contributed by atoms with E-state index in [-0.39, 0.29) is 31.6 Å². The second kappa shape index (κ2) is 5.47. The molecule has 0 bridgehead atoms. The summed E-state index contributed by atoms with van der Waals surface area (Å²) in [5.41, 5.74) is -1.17. The van der Waals surface area contributed by atoms with Gasteiger partial charge in [0, 0.05) is 0 Å². The van der Waals surface area contributed by atoms with E-state index in [0.717, 1.165) is 0 Å². The van der Waals surface area contributed by atoms with Crippen LogP contribution in [0.3, 0.4) is 0 Å². The van der Waals surface area contributed by atoms with Gasteiger partial charge in [-0.3, -0.25) is 4.79 Å². The molecule has 0 heterocycles. The van der Waals surface area contributed by atoms with Crippen molar-refractivity contribution in [1.29, 1.82) is 0 Å². The lowest BCUT2D eigenvalue weighted by molar-refractivity contribution is -0.188. The number of nitrogens with one attached hydrogen (secondary N) is 1. The standard InChI is InChI=1S/C12H20F3NO2/c1-8(2)7-16-11(10(17)18)5-3-9(4-6-11)12(13,14)15/h8-9,16H,3-7H2,1-2H3,(H,17,18). The number of rotatable bonds is 4. The van der Waals surface area contributed by atoms with E-state index in [9.17, 15) is 23.1 Å². The van der Waals surface area contributed by atoms with Gasteiger partial charge < -0.3 is 10.4 Å². The van der Waals surface area contributed by atoms with Crippen LogP contribution in [0, 0.1) is 11.8 Å². The quantitative estimate of drug-likeness (QED) is 0.823. The Labute approximate surface area is 105 Å². The summed E-state index contributed by atoms with van der Waals surface area (Å²) in [7, 11) is 0. The van der Waals surface area contributed by atoms with Gasteiger partial charge in [-0.1, -0.05) is 13.8 Å². The molecule has 0 amide bonds. The Hall–Kier alpha value is -0.780. The second-order valence-electron chi connectivity index (χ2n) is 5.48. The van der Waals surface area contributed by atoms with Crippen LogP contribution in [-0.2, 0) is 4.79 Å². The van der Waals surface area contributed by atoms with E-state index >= 15 is 0 Å². The van der Waals surface area contributed by atoms with Gasteiger partial charge in [-0.15, -0.1) is 0 Å². The Kier molecular flexibility index (Phi) is 4.64. The maximum Gasteiger partial charge on any atom is 0.391 e. The summed E-state index contributed by atoms with van der Waals surface area (Å²) >= 11 is 0. The van der Waals surface area contributed by atoms with Crippen LogP contribution in [0.25, 0.3) is 0 Å². The highest BCUT2D eigenvalue weighted by molar-refractivity contribution is 5.78. The third-order valence-corrected chi connectivity index (χ3v) is 3.56. The lowest BCUT2D eigenvalue weighted by Gasteiger charge is -2.38. The number of hydrogen-bond acceptors (Lipinski definition) is 2. The predicted molar refractivity (Wildman–Crippen MR) is 61.2 cm³/mol. The van der Waals surface area contributed by atoms with Gasteiger partial charge in [-0.05, 0) is 38.1 Å². The number of carboxylic acid groups (broad SMARTS) is 1. The highest BCUT2D eigenvalue weighted by Crippen LogP contribution is 2.41. The van der Waals surface area contributed by atoms with Crippen molar-refractivity contribution in [1.82, 2.24) is 5.32 Å². The summed E-state index contributed by atoms with van der Waals surface area (Å²) in [4.78, 5) is 11.3. The highest BCUT2D eigenvalue weighted by atomic mass is 19.4. The first-order valence-corrected chi connectivity index (χ1v) is 6.22. The minimum absolute atomic E-state index is 0.0409. The maximum absolute atomic E-state index is 12.5. The molecule has 0 radical (unpaired) electrons. The van der Waals surface area contributed by atoms with Crippen molar-refractivity contribution in [2.75, 3.05) is 6.54 Å². The van der Waals surface area contributed by atoms with E-state index in [1.165, 1.54) is 0 Å². The molecule has 18 heavy (non-hydrogen) atoms. The van der Waals surface area contributed by atoms with Crippen LogP contribution < -0.4 is 5.32 Å². The van der Waals surface area contributed by atoms with Gasteiger partial charge in [0.2, 0.25) is 0 Å². The van der Waals surface area contributed by atoms with Crippen molar-refractivity contribution in [2.24, 2.45) is 11.8 Å². The molecule has 1 aliphatic carbocycles. The predicted octanol–water partition coefficient (Wildman–Crippen LogP) is 2.81. The van der Waals surface area contributed by atoms with Gasteiger partial charge in [0.05, 0.1) is 5.92 Å². The van der Waals surface area contributed by atoms with Crippen LogP contribution in [0.2, 0.25) is 0 Å². The molecule has 0 aromatic heterocycles. The van der Waals surface area contributed by atoms with Crippen LogP contribution in [-0.4, -0.2) is 29.3 Å². The molecule has 2 N–H and O–H groups in total. The molecular formula is C12H20F3NO2. The van der Waals surface area contributed by atoms with Crippen molar-refractivity contribution in [3.8, 4) is 0 Å². The molecule has 0 aliphatic heterocycles. The molecule has 0 saturated heterocycles. The lowest BCUT2D eigenvalue weighted by atomic mass is 9.76. The summed E-state index contributed by atoms with van der Waals surface area (Å²) < 4.78 is 37.6. The molecule has 106 valence electrons. The fourth-order valence-electron chi connectivity index (χ4n) is 2.30.